The smallest absolute Gasteiger partial charge is 0.282 e. The molecule has 2 aromatic carbocycles. The van der Waals surface area contributed by atoms with Crippen LogP contribution >= 0.6 is 11.6 Å². The monoisotopic (exact) mass is 342 g/mol. The van der Waals surface area contributed by atoms with Crippen LogP contribution in [0.3, 0.4) is 0 Å². The molecule has 0 N–H and O–H groups in total. The Hall–Kier alpha value is -2.66. The summed E-state index contributed by atoms with van der Waals surface area (Å²) in [4.78, 5) is 24.8. The van der Waals surface area contributed by atoms with Crippen LogP contribution in [0.15, 0.2) is 54.6 Å². The summed E-state index contributed by atoms with van der Waals surface area (Å²) in [7, 11) is 0. The highest BCUT2D eigenvalue weighted by atomic mass is 35.5. The van der Waals surface area contributed by atoms with E-state index >= 15 is 0 Å². The van der Waals surface area contributed by atoms with Crippen molar-refractivity contribution in [2.75, 3.05) is 13.1 Å². The number of nitrogens with zero attached hydrogens (tertiary/aromatic N) is 2. The molecule has 0 unspecified atom stereocenters. The highest BCUT2D eigenvalue weighted by Gasteiger charge is 2.26. The molecule has 3 rings (SSSR count). The topological polar surface area (TPSA) is 63.4 Å². The van der Waals surface area contributed by atoms with Crippen molar-refractivity contribution in [1.82, 2.24) is 4.90 Å². The number of carbonyl (C=O) groups is 1. The van der Waals surface area contributed by atoms with Crippen LogP contribution in [0.25, 0.3) is 5.57 Å². The zero-order chi connectivity index (χ0) is 17.1. The molecular formula is C18H15ClN2O3. The van der Waals surface area contributed by atoms with Crippen molar-refractivity contribution >= 4 is 28.8 Å². The van der Waals surface area contributed by atoms with Gasteiger partial charge in [0.15, 0.2) is 0 Å². The number of nitro benzene ring substituents is 1. The molecule has 0 atom stereocenters. The van der Waals surface area contributed by atoms with E-state index in [1.807, 2.05) is 36.4 Å². The Kier molecular flexibility index (Phi) is 4.62. The minimum atomic E-state index is -0.557. The third kappa shape index (κ3) is 3.31. The lowest BCUT2D eigenvalue weighted by Gasteiger charge is -2.26. The second kappa shape index (κ2) is 6.84. The summed E-state index contributed by atoms with van der Waals surface area (Å²) >= 11 is 5.90. The Morgan fingerprint density at radius 2 is 1.92 bits per heavy atom. The standard InChI is InChI=1S/C18H15ClN2O3/c19-15-6-7-17(21(23)24)16(12-15)18(22)20-10-8-14(9-11-20)13-4-2-1-3-5-13/h1-8,12H,9-11H2. The van der Waals surface area contributed by atoms with Crippen molar-refractivity contribution in [2.24, 2.45) is 0 Å². The summed E-state index contributed by atoms with van der Waals surface area (Å²) in [6, 6.07) is 14.0. The second-order valence-corrected chi connectivity index (χ2v) is 5.95. The number of nitro groups is 1. The van der Waals surface area contributed by atoms with Crippen LogP contribution in [0.5, 0.6) is 0 Å². The van der Waals surface area contributed by atoms with E-state index in [1.54, 1.807) is 4.90 Å². The predicted octanol–water partition coefficient (Wildman–Crippen LogP) is 4.18. The molecule has 5 nitrogen and oxygen atoms in total. The molecule has 0 saturated carbocycles. The van der Waals surface area contributed by atoms with Gasteiger partial charge in [-0.3, -0.25) is 14.9 Å². The Morgan fingerprint density at radius 1 is 1.17 bits per heavy atom. The van der Waals surface area contributed by atoms with E-state index in [1.165, 1.54) is 23.8 Å². The summed E-state index contributed by atoms with van der Waals surface area (Å²) in [5.74, 6) is -0.368. The average Bonchev–Trinajstić information content (AvgIpc) is 2.61. The fraction of sp³-hybridized carbons (Fsp3) is 0.167. The van der Waals surface area contributed by atoms with Gasteiger partial charge in [-0.2, -0.15) is 0 Å². The van der Waals surface area contributed by atoms with Crippen LogP contribution in [-0.4, -0.2) is 28.8 Å². The van der Waals surface area contributed by atoms with Gasteiger partial charge in [-0.15, -0.1) is 0 Å². The highest BCUT2D eigenvalue weighted by molar-refractivity contribution is 6.31. The van der Waals surface area contributed by atoms with E-state index in [0.717, 1.165) is 5.56 Å². The molecule has 0 spiro atoms. The maximum atomic E-state index is 12.7. The lowest BCUT2D eigenvalue weighted by molar-refractivity contribution is -0.385. The fourth-order valence-electron chi connectivity index (χ4n) is 2.78. The zero-order valence-corrected chi connectivity index (χ0v) is 13.6. The first-order chi connectivity index (χ1) is 11.6. The molecule has 0 saturated heterocycles. The molecule has 0 radical (unpaired) electrons. The third-order valence-electron chi connectivity index (χ3n) is 4.03. The quantitative estimate of drug-likeness (QED) is 0.621. The highest BCUT2D eigenvalue weighted by Crippen LogP contribution is 2.27. The Labute approximate surface area is 144 Å². The average molecular weight is 343 g/mol. The van der Waals surface area contributed by atoms with Gasteiger partial charge in [0.25, 0.3) is 11.6 Å². The van der Waals surface area contributed by atoms with E-state index < -0.39 is 4.92 Å². The normalized spacial score (nSPS) is 14.2. The first-order valence-electron chi connectivity index (χ1n) is 7.54. The largest absolute Gasteiger partial charge is 0.334 e. The Morgan fingerprint density at radius 3 is 2.54 bits per heavy atom. The first-order valence-corrected chi connectivity index (χ1v) is 7.92. The molecule has 1 amide bonds. The van der Waals surface area contributed by atoms with Crippen LogP contribution < -0.4 is 0 Å². The van der Waals surface area contributed by atoms with Crippen LogP contribution in [0.2, 0.25) is 5.02 Å². The molecule has 0 aromatic heterocycles. The van der Waals surface area contributed by atoms with Gasteiger partial charge < -0.3 is 4.90 Å². The number of benzene rings is 2. The van der Waals surface area contributed by atoms with Gasteiger partial charge in [0.2, 0.25) is 0 Å². The number of carbonyl (C=O) groups excluding carboxylic acids is 1. The Bertz CT molecular complexity index is 818. The predicted molar refractivity (Wildman–Crippen MR) is 93.0 cm³/mol. The first kappa shape index (κ1) is 16.2. The molecule has 6 heteroatoms. The SMILES string of the molecule is O=C(c1cc(Cl)ccc1[N+](=O)[O-])N1CC=C(c2ccccc2)CC1. The van der Waals surface area contributed by atoms with Crippen LogP contribution in [0, 0.1) is 10.1 Å². The lowest BCUT2D eigenvalue weighted by atomic mass is 9.99. The lowest BCUT2D eigenvalue weighted by Crippen LogP contribution is -2.35. The number of hydrogen-bond acceptors (Lipinski definition) is 3. The van der Waals surface area contributed by atoms with Crippen molar-refractivity contribution in [1.29, 1.82) is 0 Å². The van der Waals surface area contributed by atoms with E-state index in [-0.39, 0.29) is 17.2 Å². The fourth-order valence-corrected chi connectivity index (χ4v) is 2.95. The molecule has 1 heterocycles. The molecule has 24 heavy (non-hydrogen) atoms. The molecule has 0 bridgehead atoms. The van der Waals surface area contributed by atoms with Gasteiger partial charge in [-0.1, -0.05) is 48.0 Å². The molecule has 0 aliphatic carbocycles. The van der Waals surface area contributed by atoms with Crippen molar-refractivity contribution in [3.05, 3.63) is 80.9 Å². The van der Waals surface area contributed by atoms with Crippen LogP contribution in [0.4, 0.5) is 5.69 Å². The maximum absolute atomic E-state index is 12.7. The number of amides is 1. The van der Waals surface area contributed by atoms with Gasteiger partial charge in [-0.05, 0) is 29.7 Å². The zero-order valence-electron chi connectivity index (χ0n) is 12.8. The van der Waals surface area contributed by atoms with Gasteiger partial charge in [0.1, 0.15) is 5.56 Å². The van der Waals surface area contributed by atoms with Gasteiger partial charge in [0, 0.05) is 24.2 Å². The van der Waals surface area contributed by atoms with Crippen molar-refractivity contribution in [2.45, 2.75) is 6.42 Å². The van der Waals surface area contributed by atoms with Gasteiger partial charge in [-0.25, -0.2) is 0 Å². The van der Waals surface area contributed by atoms with E-state index in [9.17, 15) is 14.9 Å². The molecule has 122 valence electrons. The van der Waals surface area contributed by atoms with Gasteiger partial charge in [0.05, 0.1) is 4.92 Å². The number of hydrogen-bond donors (Lipinski definition) is 0. The molecular weight excluding hydrogens is 328 g/mol. The van der Waals surface area contributed by atoms with Crippen molar-refractivity contribution < 1.29 is 9.72 Å². The van der Waals surface area contributed by atoms with Gasteiger partial charge >= 0.3 is 0 Å². The number of halogens is 1. The van der Waals surface area contributed by atoms with Crippen molar-refractivity contribution in [3.63, 3.8) is 0 Å². The molecule has 1 aliphatic rings. The Balaban J connectivity index is 1.82. The summed E-state index contributed by atoms with van der Waals surface area (Å²) < 4.78 is 0. The second-order valence-electron chi connectivity index (χ2n) is 5.52. The summed E-state index contributed by atoms with van der Waals surface area (Å²) in [5.41, 5.74) is 2.13. The molecule has 1 aliphatic heterocycles. The minimum absolute atomic E-state index is 0.0315. The van der Waals surface area contributed by atoms with Crippen molar-refractivity contribution in [3.8, 4) is 0 Å². The van der Waals surface area contributed by atoms with E-state index in [0.29, 0.717) is 24.5 Å². The maximum Gasteiger partial charge on any atom is 0.282 e. The molecule has 2 aromatic rings. The minimum Gasteiger partial charge on any atom is -0.334 e. The molecule has 0 fully saturated rings. The van der Waals surface area contributed by atoms with E-state index in [4.69, 9.17) is 11.6 Å². The van der Waals surface area contributed by atoms with Crippen LogP contribution in [0.1, 0.15) is 22.3 Å². The summed E-state index contributed by atoms with van der Waals surface area (Å²) in [6.45, 7) is 0.940. The third-order valence-corrected chi connectivity index (χ3v) is 4.26. The summed E-state index contributed by atoms with van der Waals surface area (Å²) in [6.07, 6.45) is 2.71. The van der Waals surface area contributed by atoms with E-state index in [2.05, 4.69) is 0 Å². The van der Waals surface area contributed by atoms with Crippen LogP contribution in [-0.2, 0) is 0 Å². The summed E-state index contributed by atoms with van der Waals surface area (Å²) in [5, 5.41) is 11.4. The number of rotatable bonds is 3.